The van der Waals surface area contributed by atoms with Gasteiger partial charge in [0, 0.05) is 16.0 Å². The van der Waals surface area contributed by atoms with Crippen LogP contribution in [0.15, 0.2) is 18.2 Å². The molecule has 15 heavy (non-hydrogen) atoms. The molecule has 3 heteroatoms. The summed E-state index contributed by atoms with van der Waals surface area (Å²) in [5.41, 5.74) is 6.70. The highest BCUT2D eigenvalue weighted by Crippen LogP contribution is 2.49. The molecule has 0 spiro atoms. The maximum atomic E-state index is 9.86. The van der Waals surface area contributed by atoms with Crippen LogP contribution in [0.25, 0.3) is 0 Å². The van der Waals surface area contributed by atoms with Gasteiger partial charge in [0.05, 0.1) is 0 Å². The van der Waals surface area contributed by atoms with Gasteiger partial charge in [0.25, 0.3) is 0 Å². The second-order valence-corrected chi connectivity index (χ2v) is 4.77. The third-order valence-electron chi connectivity index (χ3n) is 3.46. The lowest BCUT2D eigenvalue weighted by atomic mass is 9.62. The van der Waals surface area contributed by atoms with Crippen molar-refractivity contribution in [3.63, 3.8) is 0 Å². The topological polar surface area (TPSA) is 46.2 Å². The van der Waals surface area contributed by atoms with E-state index < -0.39 is 0 Å². The molecule has 0 amide bonds. The summed E-state index contributed by atoms with van der Waals surface area (Å²) in [4.78, 5) is 0. The number of rotatable bonds is 3. The molecule has 1 aliphatic carbocycles. The van der Waals surface area contributed by atoms with Crippen LogP contribution in [0.3, 0.4) is 0 Å². The maximum absolute atomic E-state index is 9.86. The number of benzene rings is 1. The van der Waals surface area contributed by atoms with E-state index in [0.29, 0.717) is 17.3 Å². The summed E-state index contributed by atoms with van der Waals surface area (Å²) in [6, 6.07) is 5.27. The lowest BCUT2D eigenvalue weighted by molar-refractivity contribution is 0.222. The van der Waals surface area contributed by atoms with Crippen LogP contribution in [-0.4, -0.2) is 11.7 Å². The van der Waals surface area contributed by atoms with Gasteiger partial charge >= 0.3 is 0 Å². The Bertz CT molecular complexity index is 361. The first-order valence-corrected chi connectivity index (χ1v) is 5.75. The van der Waals surface area contributed by atoms with E-state index in [0.717, 1.165) is 24.8 Å². The van der Waals surface area contributed by atoms with Crippen LogP contribution in [0.5, 0.6) is 5.75 Å². The molecule has 1 fully saturated rings. The van der Waals surface area contributed by atoms with Crippen molar-refractivity contribution >= 4 is 11.6 Å². The Labute approximate surface area is 95.1 Å². The Morgan fingerprint density at radius 3 is 2.67 bits per heavy atom. The zero-order valence-corrected chi connectivity index (χ0v) is 9.43. The van der Waals surface area contributed by atoms with Gasteiger partial charge in [0.1, 0.15) is 5.75 Å². The summed E-state index contributed by atoms with van der Waals surface area (Å²) < 4.78 is 0. The average Bonchev–Trinajstić information content (AvgIpc) is 2.16. The number of phenolic OH excluding ortho intramolecular Hbond substituents is 1. The summed E-state index contributed by atoms with van der Waals surface area (Å²) in [6.07, 6.45) is 4.36. The lowest BCUT2D eigenvalue weighted by Gasteiger charge is -2.42. The van der Waals surface area contributed by atoms with Crippen molar-refractivity contribution in [1.29, 1.82) is 0 Å². The van der Waals surface area contributed by atoms with Gasteiger partial charge in [0.2, 0.25) is 0 Å². The largest absolute Gasteiger partial charge is 0.508 e. The van der Waals surface area contributed by atoms with Crippen molar-refractivity contribution in [2.24, 2.45) is 5.73 Å². The van der Waals surface area contributed by atoms with Crippen molar-refractivity contribution < 1.29 is 5.11 Å². The summed E-state index contributed by atoms with van der Waals surface area (Å²) in [5.74, 6) is 0.354. The molecule has 1 aromatic carbocycles. The van der Waals surface area contributed by atoms with Crippen LogP contribution in [0.2, 0.25) is 5.02 Å². The zero-order chi connectivity index (χ0) is 10.9. The first-order chi connectivity index (χ1) is 7.18. The third kappa shape index (κ3) is 1.84. The molecule has 0 aliphatic heterocycles. The summed E-state index contributed by atoms with van der Waals surface area (Å²) in [5, 5.41) is 10.5. The Balaban J connectivity index is 2.37. The zero-order valence-electron chi connectivity index (χ0n) is 8.67. The minimum atomic E-state index is 0.0870. The molecule has 0 unspecified atom stereocenters. The highest BCUT2D eigenvalue weighted by molar-refractivity contribution is 6.30. The molecular formula is C12H16ClNO. The van der Waals surface area contributed by atoms with Gasteiger partial charge in [-0.15, -0.1) is 0 Å². The molecule has 3 N–H and O–H groups in total. The van der Waals surface area contributed by atoms with E-state index in [1.54, 1.807) is 12.1 Å². The average molecular weight is 226 g/mol. The molecule has 0 atom stereocenters. The van der Waals surface area contributed by atoms with E-state index in [1.165, 1.54) is 6.42 Å². The standard InChI is InChI=1S/C12H16ClNO/c13-9-2-3-11(15)10(8-9)12(6-7-14)4-1-5-12/h2-3,8,15H,1,4-7,14H2. The molecule has 0 bridgehead atoms. The molecule has 82 valence electrons. The molecule has 0 radical (unpaired) electrons. The van der Waals surface area contributed by atoms with Gasteiger partial charge in [-0.25, -0.2) is 0 Å². The number of aromatic hydroxyl groups is 1. The Morgan fingerprint density at radius 1 is 1.40 bits per heavy atom. The van der Waals surface area contributed by atoms with Crippen LogP contribution in [-0.2, 0) is 5.41 Å². The van der Waals surface area contributed by atoms with Crippen molar-refractivity contribution in [3.05, 3.63) is 28.8 Å². The second kappa shape index (κ2) is 4.03. The van der Waals surface area contributed by atoms with Crippen molar-refractivity contribution in [3.8, 4) is 5.75 Å². The van der Waals surface area contributed by atoms with Gasteiger partial charge in [-0.1, -0.05) is 18.0 Å². The first-order valence-electron chi connectivity index (χ1n) is 5.37. The van der Waals surface area contributed by atoms with E-state index in [9.17, 15) is 5.11 Å². The number of halogens is 1. The SMILES string of the molecule is NCCC1(c2cc(Cl)ccc2O)CCC1. The highest BCUT2D eigenvalue weighted by atomic mass is 35.5. The Hall–Kier alpha value is -0.730. The molecule has 2 nitrogen and oxygen atoms in total. The van der Waals surface area contributed by atoms with Crippen LogP contribution in [0.1, 0.15) is 31.2 Å². The van der Waals surface area contributed by atoms with Crippen LogP contribution in [0, 0.1) is 0 Å². The van der Waals surface area contributed by atoms with E-state index in [-0.39, 0.29) is 5.41 Å². The summed E-state index contributed by atoms with van der Waals surface area (Å²) in [6.45, 7) is 0.659. The molecule has 0 heterocycles. The molecule has 1 aliphatic rings. The molecular weight excluding hydrogens is 210 g/mol. The fourth-order valence-corrected chi connectivity index (χ4v) is 2.64. The maximum Gasteiger partial charge on any atom is 0.119 e. The molecule has 0 aromatic heterocycles. The monoisotopic (exact) mass is 225 g/mol. The third-order valence-corrected chi connectivity index (χ3v) is 3.70. The van der Waals surface area contributed by atoms with E-state index in [2.05, 4.69) is 0 Å². The number of nitrogens with two attached hydrogens (primary N) is 1. The predicted octanol–water partition coefficient (Wildman–Crippen LogP) is 2.82. The summed E-state index contributed by atoms with van der Waals surface area (Å²) in [7, 11) is 0. The first kappa shape index (κ1) is 10.8. The minimum Gasteiger partial charge on any atom is -0.508 e. The molecule has 1 aromatic rings. The normalized spacial score (nSPS) is 18.5. The fourth-order valence-electron chi connectivity index (χ4n) is 2.47. The van der Waals surface area contributed by atoms with Gasteiger partial charge in [0.15, 0.2) is 0 Å². The van der Waals surface area contributed by atoms with E-state index in [4.69, 9.17) is 17.3 Å². The van der Waals surface area contributed by atoms with E-state index in [1.807, 2.05) is 6.07 Å². The lowest BCUT2D eigenvalue weighted by Crippen LogP contribution is -2.36. The second-order valence-electron chi connectivity index (χ2n) is 4.33. The number of hydrogen-bond donors (Lipinski definition) is 2. The number of hydrogen-bond acceptors (Lipinski definition) is 2. The van der Waals surface area contributed by atoms with Crippen molar-refractivity contribution in [2.75, 3.05) is 6.54 Å². The highest BCUT2D eigenvalue weighted by Gasteiger charge is 2.39. The van der Waals surface area contributed by atoms with Crippen LogP contribution >= 0.6 is 11.6 Å². The molecule has 1 saturated carbocycles. The summed E-state index contributed by atoms with van der Waals surface area (Å²) >= 11 is 5.96. The van der Waals surface area contributed by atoms with Gasteiger partial charge in [-0.3, -0.25) is 0 Å². The molecule has 2 rings (SSSR count). The minimum absolute atomic E-state index is 0.0870. The van der Waals surface area contributed by atoms with Crippen LogP contribution in [0.4, 0.5) is 0 Å². The quantitative estimate of drug-likeness (QED) is 0.831. The Kier molecular flexibility index (Phi) is 2.89. The number of phenols is 1. The fraction of sp³-hybridized carbons (Fsp3) is 0.500. The van der Waals surface area contributed by atoms with Gasteiger partial charge in [-0.2, -0.15) is 0 Å². The molecule has 0 saturated heterocycles. The van der Waals surface area contributed by atoms with Gasteiger partial charge < -0.3 is 10.8 Å². The van der Waals surface area contributed by atoms with Crippen molar-refractivity contribution in [1.82, 2.24) is 0 Å². The Morgan fingerprint density at radius 2 is 2.13 bits per heavy atom. The van der Waals surface area contributed by atoms with Gasteiger partial charge in [-0.05, 0) is 44.0 Å². The van der Waals surface area contributed by atoms with Crippen molar-refractivity contribution in [2.45, 2.75) is 31.1 Å². The smallest absolute Gasteiger partial charge is 0.119 e. The predicted molar refractivity (Wildman–Crippen MR) is 62.3 cm³/mol. The van der Waals surface area contributed by atoms with E-state index >= 15 is 0 Å². The van der Waals surface area contributed by atoms with Crippen LogP contribution < -0.4 is 5.73 Å².